The van der Waals surface area contributed by atoms with Crippen LogP contribution in [-0.2, 0) is 9.59 Å². The average Bonchev–Trinajstić information content (AvgIpc) is 3.07. The molecule has 2 aliphatic rings. The van der Waals surface area contributed by atoms with Crippen molar-refractivity contribution in [2.24, 2.45) is 0 Å². The highest BCUT2D eigenvalue weighted by Gasteiger charge is 2.37. The van der Waals surface area contributed by atoms with Crippen LogP contribution in [0.5, 0.6) is 5.75 Å². The molecule has 0 bridgehead atoms. The van der Waals surface area contributed by atoms with Crippen molar-refractivity contribution in [3.8, 4) is 5.75 Å². The quantitative estimate of drug-likeness (QED) is 0.670. The van der Waals surface area contributed by atoms with Crippen LogP contribution < -0.4 is 9.64 Å². The Morgan fingerprint density at radius 3 is 2.48 bits per heavy atom. The Hall–Kier alpha value is -3.26. The second-order valence-electron chi connectivity index (χ2n) is 7.25. The summed E-state index contributed by atoms with van der Waals surface area (Å²) in [5.41, 5.74) is 1.89. The fourth-order valence-electron chi connectivity index (χ4n) is 3.61. The topological polar surface area (TPSA) is 70.2 Å². The third-order valence-electron chi connectivity index (χ3n) is 5.31. The highest BCUT2D eigenvalue weighted by molar-refractivity contribution is 8.18. The van der Waals surface area contributed by atoms with Gasteiger partial charge in [0.1, 0.15) is 12.3 Å². The van der Waals surface area contributed by atoms with Gasteiger partial charge in [-0.05, 0) is 47.7 Å². The van der Waals surface area contributed by atoms with Gasteiger partial charge in [0.2, 0.25) is 5.91 Å². The van der Waals surface area contributed by atoms with Gasteiger partial charge in [0, 0.05) is 31.9 Å². The van der Waals surface area contributed by atoms with E-state index in [2.05, 4.69) is 4.90 Å². The Morgan fingerprint density at radius 2 is 1.77 bits per heavy atom. The maximum absolute atomic E-state index is 12.8. The normalized spacial score (nSPS) is 18.1. The van der Waals surface area contributed by atoms with Gasteiger partial charge in [-0.25, -0.2) is 0 Å². The summed E-state index contributed by atoms with van der Waals surface area (Å²) < 4.78 is 5.19. The van der Waals surface area contributed by atoms with Crippen molar-refractivity contribution in [1.82, 2.24) is 9.80 Å². The summed E-state index contributed by atoms with van der Waals surface area (Å²) in [4.78, 5) is 43.2. The summed E-state index contributed by atoms with van der Waals surface area (Å²) >= 11 is 0.855. The third-order valence-corrected chi connectivity index (χ3v) is 6.22. The fourth-order valence-corrected chi connectivity index (χ4v) is 4.45. The van der Waals surface area contributed by atoms with Crippen LogP contribution in [0.4, 0.5) is 10.5 Å². The van der Waals surface area contributed by atoms with Crippen molar-refractivity contribution < 1.29 is 19.1 Å². The van der Waals surface area contributed by atoms with E-state index in [1.807, 2.05) is 42.5 Å². The Morgan fingerprint density at radius 1 is 1.03 bits per heavy atom. The van der Waals surface area contributed by atoms with E-state index < -0.39 is 11.1 Å². The first-order chi connectivity index (χ1) is 15.0. The molecule has 31 heavy (non-hydrogen) atoms. The number of rotatable bonds is 5. The number of para-hydroxylation sites is 1. The zero-order chi connectivity index (χ0) is 21.8. The fraction of sp³-hybridized carbons (Fsp3) is 0.261. The van der Waals surface area contributed by atoms with E-state index in [-0.39, 0.29) is 12.5 Å². The highest BCUT2D eigenvalue weighted by Crippen LogP contribution is 2.32. The molecule has 2 saturated heterocycles. The second kappa shape index (κ2) is 9.26. The van der Waals surface area contributed by atoms with Gasteiger partial charge < -0.3 is 14.5 Å². The summed E-state index contributed by atoms with van der Waals surface area (Å²) in [5, 5.41) is -0.421. The van der Waals surface area contributed by atoms with E-state index in [4.69, 9.17) is 4.74 Å². The summed E-state index contributed by atoms with van der Waals surface area (Å²) in [5.74, 6) is 0.0181. The Kier molecular flexibility index (Phi) is 6.27. The molecule has 0 saturated carbocycles. The monoisotopic (exact) mass is 437 g/mol. The van der Waals surface area contributed by atoms with Gasteiger partial charge in [-0.15, -0.1) is 0 Å². The number of nitrogens with zero attached hydrogens (tertiary/aromatic N) is 3. The molecule has 7 nitrogen and oxygen atoms in total. The van der Waals surface area contributed by atoms with Crippen molar-refractivity contribution >= 4 is 40.6 Å². The lowest BCUT2D eigenvalue weighted by molar-refractivity contribution is -0.136. The van der Waals surface area contributed by atoms with Gasteiger partial charge in [0.25, 0.3) is 11.1 Å². The lowest BCUT2D eigenvalue weighted by Gasteiger charge is -2.36. The molecule has 8 heteroatoms. The smallest absolute Gasteiger partial charge is 0.294 e. The zero-order valence-electron chi connectivity index (χ0n) is 17.2. The number of anilines is 1. The molecule has 0 atom stereocenters. The molecule has 2 aromatic rings. The van der Waals surface area contributed by atoms with Crippen LogP contribution in [0.15, 0.2) is 59.5 Å². The van der Waals surface area contributed by atoms with Crippen molar-refractivity contribution in [1.29, 1.82) is 0 Å². The van der Waals surface area contributed by atoms with E-state index >= 15 is 0 Å². The number of hydrogen-bond donors (Lipinski definition) is 0. The summed E-state index contributed by atoms with van der Waals surface area (Å²) in [7, 11) is 1.57. The zero-order valence-corrected chi connectivity index (χ0v) is 18.0. The number of ether oxygens (including phenoxy) is 1. The van der Waals surface area contributed by atoms with Crippen LogP contribution in [0.1, 0.15) is 5.56 Å². The molecule has 2 fully saturated rings. The van der Waals surface area contributed by atoms with Gasteiger partial charge in [-0.3, -0.25) is 19.3 Å². The lowest BCUT2D eigenvalue weighted by atomic mass is 10.2. The van der Waals surface area contributed by atoms with Gasteiger partial charge in [-0.2, -0.15) is 0 Å². The van der Waals surface area contributed by atoms with Crippen LogP contribution >= 0.6 is 11.8 Å². The molecule has 0 radical (unpaired) electrons. The molecule has 2 heterocycles. The largest absolute Gasteiger partial charge is 0.497 e. The molecular weight excluding hydrogens is 414 g/mol. The highest BCUT2D eigenvalue weighted by atomic mass is 32.2. The molecule has 2 aliphatic heterocycles. The van der Waals surface area contributed by atoms with Gasteiger partial charge in [0.15, 0.2) is 0 Å². The number of carbonyl (C=O) groups is 3. The van der Waals surface area contributed by atoms with Crippen molar-refractivity contribution in [3.63, 3.8) is 0 Å². The first-order valence-corrected chi connectivity index (χ1v) is 10.8. The van der Waals surface area contributed by atoms with Crippen LogP contribution in [-0.4, -0.2) is 66.7 Å². The summed E-state index contributed by atoms with van der Waals surface area (Å²) in [6.45, 7) is 2.32. The van der Waals surface area contributed by atoms with Crippen molar-refractivity contribution in [2.45, 2.75) is 0 Å². The van der Waals surface area contributed by atoms with E-state index in [0.717, 1.165) is 27.9 Å². The molecule has 3 amide bonds. The van der Waals surface area contributed by atoms with Crippen molar-refractivity contribution in [3.05, 3.63) is 65.1 Å². The SMILES string of the molecule is COc1cccc(/C=C2/SC(=O)N(CC(=O)N3CCN(c4ccccc4)CC3)C2=O)c1. The maximum Gasteiger partial charge on any atom is 0.294 e. The number of amides is 3. The van der Waals surface area contributed by atoms with Crippen LogP contribution in [0, 0.1) is 0 Å². The van der Waals surface area contributed by atoms with Gasteiger partial charge in [-0.1, -0.05) is 30.3 Å². The first kappa shape index (κ1) is 21.0. The first-order valence-electron chi connectivity index (χ1n) is 10.0. The van der Waals surface area contributed by atoms with Crippen molar-refractivity contribution in [2.75, 3.05) is 44.7 Å². The molecule has 0 spiro atoms. The molecule has 0 aliphatic carbocycles. The predicted molar refractivity (Wildman–Crippen MR) is 121 cm³/mol. The number of imide groups is 1. The number of piperazine rings is 1. The number of hydrogen-bond acceptors (Lipinski definition) is 6. The third kappa shape index (κ3) is 4.74. The maximum atomic E-state index is 12.8. The number of carbonyl (C=O) groups excluding carboxylic acids is 3. The molecular formula is C23H23N3O4S. The molecule has 2 aromatic carbocycles. The molecule has 0 unspecified atom stereocenters. The number of methoxy groups -OCH3 is 1. The summed E-state index contributed by atoms with van der Waals surface area (Å²) in [6.07, 6.45) is 1.65. The lowest BCUT2D eigenvalue weighted by Crippen LogP contribution is -2.51. The minimum Gasteiger partial charge on any atom is -0.497 e. The molecule has 0 aromatic heterocycles. The van der Waals surface area contributed by atoms with Crippen LogP contribution in [0.25, 0.3) is 6.08 Å². The summed E-state index contributed by atoms with van der Waals surface area (Å²) in [6, 6.07) is 17.3. The molecule has 0 N–H and O–H groups in total. The minimum atomic E-state index is -0.436. The predicted octanol–water partition coefficient (Wildman–Crippen LogP) is 3.08. The van der Waals surface area contributed by atoms with E-state index in [1.165, 1.54) is 0 Å². The Balaban J connectivity index is 1.37. The number of benzene rings is 2. The van der Waals surface area contributed by atoms with E-state index in [9.17, 15) is 14.4 Å². The number of thioether (sulfide) groups is 1. The van der Waals surface area contributed by atoms with E-state index in [1.54, 1.807) is 30.2 Å². The van der Waals surface area contributed by atoms with Gasteiger partial charge in [0.05, 0.1) is 12.0 Å². The second-order valence-corrected chi connectivity index (χ2v) is 8.24. The minimum absolute atomic E-state index is 0.211. The Labute approximate surface area is 185 Å². The molecule has 4 rings (SSSR count). The Bertz CT molecular complexity index is 1020. The standard InChI is InChI=1S/C23H23N3O4S/c1-30-19-9-5-6-17(14-19)15-20-22(28)26(23(29)31-20)16-21(27)25-12-10-24(11-13-25)18-7-3-2-4-8-18/h2-9,14-15H,10-13,16H2,1H3/b20-15+. The van der Waals surface area contributed by atoms with Crippen LogP contribution in [0.3, 0.4) is 0 Å². The molecule has 160 valence electrons. The van der Waals surface area contributed by atoms with Gasteiger partial charge >= 0.3 is 0 Å². The van der Waals surface area contributed by atoms with Crippen LogP contribution in [0.2, 0.25) is 0 Å². The van der Waals surface area contributed by atoms with E-state index in [0.29, 0.717) is 36.8 Å². The average molecular weight is 438 g/mol.